The molecule has 1 saturated heterocycles. The molecule has 1 amide bonds. The Balaban J connectivity index is 0.00000121. The van der Waals surface area contributed by atoms with Crippen molar-refractivity contribution in [2.45, 2.75) is 19.4 Å². The van der Waals surface area contributed by atoms with Crippen LogP contribution in [0.3, 0.4) is 0 Å². The molecule has 1 N–H and O–H groups in total. The zero-order chi connectivity index (χ0) is 8.43. The molecule has 72 valence electrons. The van der Waals surface area contributed by atoms with Crippen molar-refractivity contribution in [2.24, 2.45) is 5.92 Å². The van der Waals surface area contributed by atoms with Crippen molar-refractivity contribution in [3.8, 4) is 0 Å². The van der Waals surface area contributed by atoms with Gasteiger partial charge in [-0.05, 0) is 19.9 Å². The maximum absolute atomic E-state index is 11.4. The van der Waals surface area contributed by atoms with Gasteiger partial charge in [-0.1, -0.05) is 0 Å². The van der Waals surface area contributed by atoms with Crippen molar-refractivity contribution in [3.63, 3.8) is 0 Å². The van der Waals surface area contributed by atoms with Crippen LogP contribution in [0.4, 0.5) is 0 Å². The number of hydrogen-bond acceptors (Lipinski definition) is 2. The third-order valence-corrected chi connectivity index (χ3v) is 2.28. The number of nitrogens with one attached hydrogen (secondary N) is 1. The third-order valence-electron chi connectivity index (χ3n) is 2.28. The van der Waals surface area contributed by atoms with Crippen LogP contribution in [0.5, 0.6) is 0 Å². The first-order valence-electron chi connectivity index (χ1n) is 4.07. The van der Waals surface area contributed by atoms with Crippen LogP contribution in [0.2, 0.25) is 0 Å². The standard InChI is InChI=1S/C8H16N2O.ClH/c1-6-7(4-5-9-6)8(11)10(2)3;/h6-7,9H,4-5H2,1-3H3;1H. The molecule has 12 heavy (non-hydrogen) atoms. The summed E-state index contributed by atoms with van der Waals surface area (Å²) in [7, 11) is 3.63. The quantitative estimate of drug-likeness (QED) is 0.656. The summed E-state index contributed by atoms with van der Waals surface area (Å²) in [5.74, 6) is 0.451. The van der Waals surface area contributed by atoms with Gasteiger partial charge < -0.3 is 10.2 Å². The average molecular weight is 193 g/mol. The Bertz CT molecular complexity index is 161. The van der Waals surface area contributed by atoms with E-state index in [0.717, 1.165) is 13.0 Å². The first kappa shape index (κ1) is 11.7. The van der Waals surface area contributed by atoms with Crippen LogP contribution >= 0.6 is 12.4 Å². The van der Waals surface area contributed by atoms with Gasteiger partial charge in [0.05, 0.1) is 5.92 Å². The predicted molar refractivity (Wildman–Crippen MR) is 51.5 cm³/mol. The highest BCUT2D eigenvalue weighted by molar-refractivity contribution is 5.85. The van der Waals surface area contributed by atoms with E-state index in [-0.39, 0.29) is 24.2 Å². The summed E-state index contributed by atoms with van der Waals surface area (Å²) < 4.78 is 0. The van der Waals surface area contributed by atoms with Crippen LogP contribution in [0.15, 0.2) is 0 Å². The second-order valence-corrected chi connectivity index (χ2v) is 3.37. The average Bonchev–Trinajstić information content (AvgIpc) is 2.33. The number of hydrogen-bond donors (Lipinski definition) is 1. The molecule has 0 saturated carbocycles. The Morgan fingerprint density at radius 2 is 2.08 bits per heavy atom. The predicted octanol–water partition coefficient (Wildman–Crippen LogP) is 0.494. The van der Waals surface area contributed by atoms with E-state index in [1.54, 1.807) is 4.90 Å². The van der Waals surface area contributed by atoms with Crippen LogP contribution in [0.25, 0.3) is 0 Å². The van der Waals surface area contributed by atoms with Gasteiger partial charge in [0.2, 0.25) is 5.91 Å². The fourth-order valence-corrected chi connectivity index (χ4v) is 1.53. The number of amides is 1. The Labute approximate surface area is 79.9 Å². The van der Waals surface area contributed by atoms with Gasteiger partial charge in [-0.3, -0.25) is 4.79 Å². The highest BCUT2D eigenvalue weighted by atomic mass is 35.5. The Morgan fingerprint density at radius 1 is 1.50 bits per heavy atom. The third kappa shape index (κ3) is 2.35. The first-order valence-corrected chi connectivity index (χ1v) is 4.07. The number of halogens is 1. The summed E-state index contributed by atoms with van der Waals surface area (Å²) in [6, 6.07) is 0.352. The molecule has 0 spiro atoms. The molecule has 1 fully saturated rings. The topological polar surface area (TPSA) is 32.3 Å². The van der Waals surface area contributed by atoms with E-state index in [1.807, 2.05) is 14.1 Å². The van der Waals surface area contributed by atoms with Crippen molar-refractivity contribution < 1.29 is 4.79 Å². The van der Waals surface area contributed by atoms with E-state index in [2.05, 4.69) is 12.2 Å². The molecular formula is C8H17ClN2O. The number of carbonyl (C=O) groups is 1. The Hall–Kier alpha value is -0.280. The van der Waals surface area contributed by atoms with Gasteiger partial charge >= 0.3 is 0 Å². The lowest BCUT2D eigenvalue weighted by molar-refractivity contribution is -0.133. The summed E-state index contributed by atoms with van der Waals surface area (Å²) >= 11 is 0. The molecule has 0 aromatic heterocycles. The van der Waals surface area contributed by atoms with Gasteiger partial charge in [0, 0.05) is 20.1 Å². The van der Waals surface area contributed by atoms with Gasteiger partial charge in [0.25, 0.3) is 0 Å². The molecule has 0 aromatic rings. The van der Waals surface area contributed by atoms with Crippen molar-refractivity contribution in [2.75, 3.05) is 20.6 Å². The summed E-state index contributed by atoms with van der Waals surface area (Å²) in [6.45, 7) is 3.05. The maximum atomic E-state index is 11.4. The molecule has 0 bridgehead atoms. The summed E-state index contributed by atoms with van der Waals surface area (Å²) in [4.78, 5) is 13.1. The van der Waals surface area contributed by atoms with Gasteiger partial charge in [0.1, 0.15) is 0 Å². The van der Waals surface area contributed by atoms with Crippen LogP contribution in [-0.4, -0.2) is 37.5 Å². The van der Waals surface area contributed by atoms with E-state index in [4.69, 9.17) is 0 Å². The summed E-state index contributed by atoms with van der Waals surface area (Å²) in [5, 5.41) is 3.26. The first-order chi connectivity index (χ1) is 5.13. The monoisotopic (exact) mass is 192 g/mol. The number of rotatable bonds is 1. The normalized spacial score (nSPS) is 27.9. The molecule has 4 heteroatoms. The Kier molecular flexibility index (Phi) is 4.57. The van der Waals surface area contributed by atoms with E-state index < -0.39 is 0 Å². The molecule has 0 aromatic carbocycles. The second-order valence-electron chi connectivity index (χ2n) is 3.37. The zero-order valence-electron chi connectivity index (χ0n) is 7.83. The minimum atomic E-state index is 0. The molecule has 2 unspecified atom stereocenters. The molecule has 1 aliphatic rings. The van der Waals surface area contributed by atoms with E-state index in [1.165, 1.54) is 0 Å². The zero-order valence-corrected chi connectivity index (χ0v) is 8.65. The van der Waals surface area contributed by atoms with E-state index in [0.29, 0.717) is 6.04 Å². The van der Waals surface area contributed by atoms with Crippen LogP contribution in [0.1, 0.15) is 13.3 Å². The summed E-state index contributed by atoms with van der Waals surface area (Å²) in [5.41, 5.74) is 0. The van der Waals surface area contributed by atoms with Crippen LogP contribution in [-0.2, 0) is 4.79 Å². The molecule has 1 aliphatic heterocycles. The fraction of sp³-hybridized carbons (Fsp3) is 0.875. The smallest absolute Gasteiger partial charge is 0.226 e. The molecular weight excluding hydrogens is 176 g/mol. The van der Waals surface area contributed by atoms with E-state index >= 15 is 0 Å². The minimum absolute atomic E-state index is 0. The maximum Gasteiger partial charge on any atom is 0.226 e. The van der Waals surface area contributed by atoms with Gasteiger partial charge in [-0.2, -0.15) is 0 Å². The lowest BCUT2D eigenvalue weighted by Gasteiger charge is -2.18. The highest BCUT2D eigenvalue weighted by Crippen LogP contribution is 2.16. The second kappa shape index (κ2) is 4.67. The van der Waals surface area contributed by atoms with E-state index in [9.17, 15) is 4.79 Å². The highest BCUT2D eigenvalue weighted by Gasteiger charge is 2.29. The molecule has 0 radical (unpaired) electrons. The number of nitrogens with zero attached hydrogens (tertiary/aromatic N) is 1. The Morgan fingerprint density at radius 3 is 2.42 bits per heavy atom. The minimum Gasteiger partial charge on any atom is -0.349 e. The van der Waals surface area contributed by atoms with Gasteiger partial charge in [0.15, 0.2) is 0 Å². The van der Waals surface area contributed by atoms with Crippen LogP contribution in [0, 0.1) is 5.92 Å². The lowest BCUT2D eigenvalue weighted by Crippen LogP contribution is -2.35. The molecule has 0 aliphatic carbocycles. The molecule has 1 heterocycles. The van der Waals surface area contributed by atoms with Gasteiger partial charge in [-0.15, -0.1) is 12.4 Å². The summed E-state index contributed by atoms with van der Waals surface area (Å²) in [6.07, 6.45) is 0.984. The van der Waals surface area contributed by atoms with Gasteiger partial charge in [-0.25, -0.2) is 0 Å². The van der Waals surface area contributed by atoms with Crippen LogP contribution < -0.4 is 5.32 Å². The largest absolute Gasteiger partial charge is 0.349 e. The van der Waals surface area contributed by atoms with Crippen molar-refractivity contribution >= 4 is 18.3 Å². The SMILES string of the molecule is CC1NCCC1C(=O)N(C)C.Cl. The molecule has 1 rings (SSSR count). The van der Waals surface area contributed by atoms with Crippen molar-refractivity contribution in [1.29, 1.82) is 0 Å². The van der Waals surface area contributed by atoms with Crippen molar-refractivity contribution in [1.82, 2.24) is 10.2 Å². The van der Waals surface area contributed by atoms with Crippen molar-refractivity contribution in [3.05, 3.63) is 0 Å². The molecule has 2 atom stereocenters. The lowest BCUT2D eigenvalue weighted by atomic mass is 10.0. The fourth-order valence-electron chi connectivity index (χ4n) is 1.53. The number of carbonyl (C=O) groups excluding carboxylic acids is 1. The molecule has 3 nitrogen and oxygen atoms in total.